The van der Waals surface area contributed by atoms with Crippen LogP contribution in [0.3, 0.4) is 0 Å². The summed E-state index contributed by atoms with van der Waals surface area (Å²) in [5.41, 5.74) is 5.41. The van der Waals surface area contributed by atoms with Crippen molar-refractivity contribution in [1.29, 1.82) is 0 Å². The van der Waals surface area contributed by atoms with Gasteiger partial charge in [-0.3, -0.25) is 14.9 Å². The van der Waals surface area contributed by atoms with E-state index in [1.165, 1.54) is 6.07 Å². The highest BCUT2D eigenvalue weighted by molar-refractivity contribution is 5.96. The van der Waals surface area contributed by atoms with E-state index in [1.54, 1.807) is 42.9 Å². The molecular formula is C28H23FN8O. The molecule has 0 aliphatic carbocycles. The predicted octanol–water partition coefficient (Wildman–Crippen LogP) is 5.75. The maximum atomic E-state index is 14.5. The topological polar surface area (TPSA) is 125 Å². The summed E-state index contributed by atoms with van der Waals surface area (Å²) in [6.45, 7) is 5.55. The standard InChI is InChI=1S/C28H23FN8O/c1-28(2,3)27(38)32-16-12-15(13-30-14-16)20-8-9-21-23(33-20)24(37-36-21)26-34-22-18(10-11-31-25(22)35-26)17-6-4-5-7-19(17)29/h4-14H,1-3H3,(H,32,38)(H,36,37)(H,31,34,35). The molecule has 0 aliphatic rings. The molecular weight excluding hydrogens is 483 g/mol. The molecule has 6 rings (SSSR count). The first kappa shape index (κ1) is 23.4. The molecule has 10 heteroatoms. The lowest BCUT2D eigenvalue weighted by atomic mass is 9.95. The average Bonchev–Trinajstić information content (AvgIpc) is 3.52. The molecule has 6 aromatic rings. The van der Waals surface area contributed by atoms with Crippen LogP contribution in [0.5, 0.6) is 0 Å². The second-order valence-electron chi connectivity index (χ2n) is 9.95. The minimum atomic E-state index is -0.535. The van der Waals surface area contributed by atoms with Crippen LogP contribution in [0, 0.1) is 11.2 Å². The van der Waals surface area contributed by atoms with E-state index in [0.717, 1.165) is 11.1 Å². The van der Waals surface area contributed by atoms with Gasteiger partial charge in [-0.1, -0.05) is 39.0 Å². The molecule has 1 amide bonds. The van der Waals surface area contributed by atoms with Crippen molar-refractivity contribution >= 4 is 33.8 Å². The Kier molecular flexibility index (Phi) is 5.45. The minimum Gasteiger partial charge on any atom is -0.335 e. The Hall–Kier alpha value is -4.99. The smallest absolute Gasteiger partial charge is 0.229 e. The van der Waals surface area contributed by atoms with Crippen LogP contribution in [0.2, 0.25) is 0 Å². The highest BCUT2D eigenvalue weighted by Crippen LogP contribution is 2.32. The molecule has 5 heterocycles. The van der Waals surface area contributed by atoms with Crippen molar-refractivity contribution in [1.82, 2.24) is 35.1 Å². The highest BCUT2D eigenvalue weighted by Gasteiger charge is 2.22. The fourth-order valence-electron chi connectivity index (χ4n) is 4.12. The lowest BCUT2D eigenvalue weighted by Gasteiger charge is -2.17. The van der Waals surface area contributed by atoms with Crippen LogP contribution in [0.1, 0.15) is 20.8 Å². The van der Waals surface area contributed by atoms with Crippen molar-refractivity contribution < 1.29 is 9.18 Å². The molecule has 9 nitrogen and oxygen atoms in total. The molecule has 0 bridgehead atoms. The van der Waals surface area contributed by atoms with Gasteiger partial charge < -0.3 is 10.3 Å². The molecule has 0 atom stereocenters. The van der Waals surface area contributed by atoms with Gasteiger partial charge in [-0.05, 0) is 30.3 Å². The number of hydrogen-bond acceptors (Lipinski definition) is 6. The SMILES string of the molecule is CC(C)(C)C(=O)Nc1cncc(-c2ccc3[nH]nc(-c4nc5nccc(-c6ccccc6F)c5[nH]4)c3n2)c1. The number of H-pyrrole nitrogens is 2. The molecule has 3 N–H and O–H groups in total. The first-order chi connectivity index (χ1) is 18.3. The third kappa shape index (κ3) is 4.15. The first-order valence-corrected chi connectivity index (χ1v) is 12.0. The molecule has 0 saturated heterocycles. The number of nitrogens with one attached hydrogen (secondary N) is 3. The molecule has 1 aromatic carbocycles. The Bertz CT molecular complexity index is 1830. The summed E-state index contributed by atoms with van der Waals surface area (Å²) >= 11 is 0. The van der Waals surface area contributed by atoms with E-state index in [9.17, 15) is 9.18 Å². The summed E-state index contributed by atoms with van der Waals surface area (Å²) < 4.78 is 14.5. The number of fused-ring (bicyclic) bond motifs is 2. The number of hydrogen-bond donors (Lipinski definition) is 3. The Morgan fingerprint density at radius 2 is 1.84 bits per heavy atom. The largest absolute Gasteiger partial charge is 0.335 e. The molecule has 0 radical (unpaired) electrons. The molecule has 0 saturated carbocycles. The molecule has 5 aromatic heterocycles. The van der Waals surface area contributed by atoms with Gasteiger partial charge in [0.2, 0.25) is 5.91 Å². The maximum absolute atomic E-state index is 14.5. The number of halogens is 1. The molecule has 0 aliphatic heterocycles. The third-order valence-corrected chi connectivity index (χ3v) is 6.16. The van der Waals surface area contributed by atoms with Gasteiger partial charge >= 0.3 is 0 Å². The zero-order valence-electron chi connectivity index (χ0n) is 20.9. The van der Waals surface area contributed by atoms with Crippen molar-refractivity contribution in [3.05, 3.63) is 72.9 Å². The summed E-state index contributed by atoms with van der Waals surface area (Å²) in [6, 6.07) is 13.9. The van der Waals surface area contributed by atoms with Crippen LogP contribution in [0.15, 0.2) is 67.1 Å². The summed E-state index contributed by atoms with van der Waals surface area (Å²) in [4.78, 5) is 33.8. The lowest BCUT2D eigenvalue weighted by Crippen LogP contribution is -2.27. The monoisotopic (exact) mass is 506 g/mol. The van der Waals surface area contributed by atoms with E-state index in [-0.39, 0.29) is 11.7 Å². The second kappa shape index (κ2) is 8.84. The number of rotatable bonds is 4. The number of aromatic nitrogens is 7. The van der Waals surface area contributed by atoms with Gasteiger partial charge in [0.15, 0.2) is 17.2 Å². The van der Waals surface area contributed by atoms with E-state index in [1.807, 2.05) is 39.0 Å². The Morgan fingerprint density at radius 3 is 2.66 bits per heavy atom. The number of anilines is 1. The Balaban J connectivity index is 1.41. The lowest BCUT2D eigenvalue weighted by molar-refractivity contribution is -0.123. The minimum absolute atomic E-state index is 0.106. The third-order valence-electron chi connectivity index (χ3n) is 6.16. The van der Waals surface area contributed by atoms with Crippen molar-refractivity contribution in [2.24, 2.45) is 5.41 Å². The number of aromatic amines is 2. The number of carbonyl (C=O) groups excluding carboxylic acids is 1. The zero-order chi connectivity index (χ0) is 26.4. The van der Waals surface area contributed by atoms with E-state index in [0.29, 0.717) is 50.7 Å². The Labute approximate surface area is 216 Å². The molecule has 38 heavy (non-hydrogen) atoms. The van der Waals surface area contributed by atoms with E-state index in [2.05, 4.69) is 35.5 Å². The summed E-state index contributed by atoms with van der Waals surface area (Å²) in [7, 11) is 0. The Morgan fingerprint density at radius 1 is 1.00 bits per heavy atom. The van der Waals surface area contributed by atoms with E-state index < -0.39 is 5.41 Å². The van der Waals surface area contributed by atoms with Crippen LogP contribution < -0.4 is 5.32 Å². The van der Waals surface area contributed by atoms with Crippen LogP contribution in [-0.2, 0) is 4.79 Å². The van der Waals surface area contributed by atoms with Gasteiger partial charge in [-0.25, -0.2) is 19.3 Å². The van der Waals surface area contributed by atoms with E-state index >= 15 is 0 Å². The quantitative estimate of drug-likeness (QED) is 0.280. The fourth-order valence-corrected chi connectivity index (χ4v) is 4.12. The maximum Gasteiger partial charge on any atom is 0.229 e. The normalized spacial score (nSPS) is 11.8. The molecule has 0 unspecified atom stereocenters. The number of pyridine rings is 3. The van der Waals surface area contributed by atoms with E-state index in [4.69, 9.17) is 4.98 Å². The zero-order valence-corrected chi connectivity index (χ0v) is 20.9. The number of imidazole rings is 1. The van der Waals surface area contributed by atoms with Crippen molar-refractivity contribution in [3.63, 3.8) is 0 Å². The van der Waals surface area contributed by atoms with Gasteiger partial charge in [0.25, 0.3) is 0 Å². The number of amides is 1. The van der Waals surface area contributed by atoms with Crippen molar-refractivity contribution in [3.8, 4) is 33.9 Å². The molecule has 0 fully saturated rings. The van der Waals surface area contributed by atoms with Gasteiger partial charge in [-0.2, -0.15) is 5.10 Å². The molecule has 188 valence electrons. The van der Waals surface area contributed by atoms with Gasteiger partial charge in [-0.15, -0.1) is 0 Å². The first-order valence-electron chi connectivity index (χ1n) is 12.0. The fraction of sp³-hybridized carbons (Fsp3) is 0.143. The predicted molar refractivity (Wildman–Crippen MR) is 143 cm³/mol. The van der Waals surface area contributed by atoms with Crippen LogP contribution >= 0.6 is 0 Å². The summed E-state index contributed by atoms with van der Waals surface area (Å²) in [5, 5.41) is 10.3. The number of carbonyl (C=O) groups is 1. The summed E-state index contributed by atoms with van der Waals surface area (Å²) in [6.07, 6.45) is 4.89. The average molecular weight is 507 g/mol. The van der Waals surface area contributed by atoms with Crippen LogP contribution in [0.25, 0.3) is 56.1 Å². The van der Waals surface area contributed by atoms with Gasteiger partial charge in [0, 0.05) is 34.5 Å². The highest BCUT2D eigenvalue weighted by atomic mass is 19.1. The molecule has 0 spiro atoms. The van der Waals surface area contributed by atoms with Gasteiger partial charge in [0.05, 0.1) is 28.6 Å². The number of nitrogens with zero attached hydrogens (tertiary/aromatic N) is 5. The van der Waals surface area contributed by atoms with Crippen LogP contribution in [-0.4, -0.2) is 41.0 Å². The van der Waals surface area contributed by atoms with Gasteiger partial charge in [0.1, 0.15) is 11.3 Å². The van der Waals surface area contributed by atoms with Crippen molar-refractivity contribution in [2.45, 2.75) is 20.8 Å². The van der Waals surface area contributed by atoms with Crippen LogP contribution in [0.4, 0.5) is 10.1 Å². The number of benzene rings is 1. The van der Waals surface area contributed by atoms with Crippen molar-refractivity contribution in [2.75, 3.05) is 5.32 Å². The second-order valence-corrected chi connectivity index (χ2v) is 9.95. The summed E-state index contributed by atoms with van der Waals surface area (Å²) in [5.74, 6) is 0.0175.